The zero-order valence-corrected chi connectivity index (χ0v) is 12.5. The highest BCUT2D eigenvalue weighted by atomic mass is 32.2. The van der Waals surface area contributed by atoms with Gasteiger partial charge in [0.1, 0.15) is 4.90 Å². The molecule has 0 atom stereocenters. The molecule has 1 heterocycles. The van der Waals surface area contributed by atoms with E-state index in [1.807, 2.05) is 0 Å². The highest BCUT2D eigenvalue weighted by Crippen LogP contribution is 2.24. The fourth-order valence-corrected chi connectivity index (χ4v) is 3.79. The number of nitrogen functional groups attached to an aromatic ring is 1. The molecule has 12 heteroatoms. The number of benzene rings is 1. The third-order valence-electron chi connectivity index (χ3n) is 2.22. The number of sulfonamides is 1. The number of hydrogen-bond donors (Lipinski definition) is 2. The first kappa shape index (κ1) is 14.6. The Labute approximate surface area is 119 Å². The number of rotatable bonds is 4. The van der Waals surface area contributed by atoms with Crippen LogP contribution in [-0.2, 0) is 19.9 Å². The first-order chi connectivity index (χ1) is 9.20. The molecular weight excluding hydrogens is 326 g/mol. The van der Waals surface area contributed by atoms with E-state index in [4.69, 9.17) is 5.73 Å². The van der Waals surface area contributed by atoms with Crippen LogP contribution >= 0.6 is 11.5 Å². The van der Waals surface area contributed by atoms with Crippen LogP contribution in [-0.4, -0.2) is 37.9 Å². The van der Waals surface area contributed by atoms with Crippen LogP contribution in [0.3, 0.4) is 0 Å². The van der Waals surface area contributed by atoms with Crippen molar-refractivity contribution in [2.24, 2.45) is 0 Å². The largest absolute Gasteiger partial charge is 0.398 e. The van der Waals surface area contributed by atoms with Crippen LogP contribution in [0.5, 0.6) is 0 Å². The lowest BCUT2D eigenvalue weighted by molar-refractivity contribution is 0.600. The van der Waals surface area contributed by atoms with Crippen molar-refractivity contribution in [2.45, 2.75) is 9.79 Å². The Kier molecular flexibility index (Phi) is 3.62. The van der Waals surface area contributed by atoms with Gasteiger partial charge in [-0.15, -0.1) is 0 Å². The summed E-state index contributed by atoms with van der Waals surface area (Å²) in [5, 5.41) is 6.63. The van der Waals surface area contributed by atoms with E-state index in [0.717, 1.165) is 23.9 Å². The van der Waals surface area contributed by atoms with E-state index in [1.165, 1.54) is 12.1 Å². The summed E-state index contributed by atoms with van der Waals surface area (Å²) in [7, 11) is -7.62. The van der Waals surface area contributed by atoms with Gasteiger partial charge in [0.2, 0.25) is 5.13 Å². The Hall–Kier alpha value is -1.79. The molecule has 0 radical (unpaired) electrons. The van der Waals surface area contributed by atoms with Gasteiger partial charge in [0.25, 0.3) is 10.0 Å². The number of nitrogens with one attached hydrogen (secondary N) is 1. The first-order valence-electron chi connectivity index (χ1n) is 4.97. The molecule has 2 aromatic rings. The number of anilines is 2. The van der Waals surface area contributed by atoms with Gasteiger partial charge in [-0.1, -0.05) is 9.59 Å². The molecule has 0 bridgehead atoms. The van der Waals surface area contributed by atoms with Gasteiger partial charge in [-0.2, -0.15) is 0 Å². The standard InChI is InChI=1S/C8H9N5O4S3/c1-19(14,15)5-2-3-6(9)7(4-5)20(16,17)11-8-10-12-13-18-8/h2-4H,9H2,1H3,(H,10,11,13). The smallest absolute Gasteiger partial charge is 0.265 e. The van der Waals surface area contributed by atoms with Crippen LogP contribution in [0.1, 0.15) is 0 Å². The van der Waals surface area contributed by atoms with E-state index >= 15 is 0 Å². The molecule has 2 rings (SSSR count). The van der Waals surface area contributed by atoms with Crippen LogP contribution in [0, 0.1) is 0 Å². The van der Waals surface area contributed by atoms with Crippen LogP contribution in [0.4, 0.5) is 10.8 Å². The van der Waals surface area contributed by atoms with Crippen molar-refractivity contribution in [1.29, 1.82) is 0 Å². The van der Waals surface area contributed by atoms with E-state index in [-0.39, 0.29) is 20.6 Å². The summed E-state index contributed by atoms with van der Waals surface area (Å²) in [6.07, 6.45) is 0.969. The Morgan fingerprint density at radius 3 is 2.50 bits per heavy atom. The number of nitrogens with two attached hydrogens (primary N) is 1. The van der Waals surface area contributed by atoms with Crippen molar-refractivity contribution in [1.82, 2.24) is 14.8 Å². The van der Waals surface area contributed by atoms with Gasteiger partial charge in [0.15, 0.2) is 9.84 Å². The predicted molar refractivity (Wildman–Crippen MR) is 72.5 cm³/mol. The Morgan fingerprint density at radius 1 is 1.25 bits per heavy atom. The van der Waals surface area contributed by atoms with Crippen molar-refractivity contribution in [3.63, 3.8) is 0 Å². The maximum Gasteiger partial charge on any atom is 0.265 e. The average molecular weight is 335 g/mol. The fourth-order valence-electron chi connectivity index (χ4n) is 1.32. The average Bonchev–Trinajstić information content (AvgIpc) is 2.79. The molecule has 3 N–H and O–H groups in total. The minimum Gasteiger partial charge on any atom is -0.398 e. The molecule has 0 fully saturated rings. The Bertz CT molecular complexity index is 829. The number of aromatic nitrogens is 3. The highest BCUT2D eigenvalue weighted by Gasteiger charge is 2.21. The van der Waals surface area contributed by atoms with Crippen LogP contribution in [0.25, 0.3) is 0 Å². The summed E-state index contributed by atoms with van der Waals surface area (Å²) in [5.41, 5.74) is 5.50. The third kappa shape index (κ3) is 3.02. The third-order valence-corrected chi connectivity index (χ3v) is 5.37. The molecule has 0 aliphatic heterocycles. The molecule has 1 aromatic carbocycles. The molecule has 0 saturated heterocycles. The lowest BCUT2D eigenvalue weighted by Gasteiger charge is -2.09. The van der Waals surface area contributed by atoms with E-state index in [2.05, 4.69) is 19.5 Å². The number of hydrogen-bond acceptors (Lipinski definition) is 9. The molecule has 9 nitrogen and oxygen atoms in total. The monoisotopic (exact) mass is 335 g/mol. The minimum atomic E-state index is -4.07. The van der Waals surface area contributed by atoms with E-state index in [1.54, 1.807) is 0 Å². The maximum absolute atomic E-state index is 12.1. The minimum absolute atomic E-state index is 0.0471. The van der Waals surface area contributed by atoms with Gasteiger partial charge < -0.3 is 5.73 Å². The molecule has 1 aromatic heterocycles. The quantitative estimate of drug-likeness (QED) is 0.725. The highest BCUT2D eigenvalue weighted by molar-refractivity contribution is 7.93. The summed E-state index contributed by atoms with van der Waals surface area (Å²) >= 11 is 0.738. The molecule has 0 unspecified atom stereocenters. The Morgan fingerprint density at radius 2 is 1.95 bits per heavy atom. The van der Waals surface area contributed by atoms with Crippen molar-refractivity contribution < 1.29 is 16.8 Å². The summed E-state index contributed by atoms with van der Waals surface area (Å²) in [5.74, 6) is 0. The SMILES string of the molecule is CS(=O)(=O)c1ccc(N)c(S(=O)(=O)Nc2nnns2)c1. The van der Waals surface area contributed by atoms with Crippen LogP contribution < -0.4 is 10.5 Å². The number of sulfone groups is 1. The van der Waals surface area contributed by atoms with Gasteiger partial charge in [-0.25, -0.2) is 16.8 Å². The maximum atomic E-state index is 12.1. The second-order valence-electron chi connectivity index (χ2n) is 3.74. The normalized spacial score (nSPS) is 12.2. The van der Waals surface area contributed by atoms with E-state index in [0.29, 0.717) is 0 Å². The first-order valence-corrected chi connectivity index (χ1v) is 9.12. The summed E-state index contributed by atoms with van der Waals surface area (Å²) < 4.78 is 52.7. The van der Waals surface area contributed by atoms with Gasteiger partial charge in [-0.05, 0) is 23.4 Å². The molecule has 0 saturated carbocycles. The number of nitrogens with zero attached hydrogens (tertiary/aromatic N) is 3. The molecule has 20 heavy (non-hydrogen) atoms. The van der Waals surface area contributed by atoms with Crippen molar-refractivity contribution in [3.05, 3.63) is 18.2 Å². The van der Waals surface area contributed by atoms with Crippen molar-refractivity contribution >= 4 is 42.2 Å². The lowest BCUT2D eigenvalue weighted by Crippen LogP contribution is -2.15. The van der Waals surface area contributed by atoms with E-state index in [9.17, 15) is 16.8 Å². The second kappa shape index (κ2) is 4.96. The molecule has 0 spiro atoms. The fraction of sp³-hybridized carbons (Fsp3) is 0.125. The van der Waals surface area contributed by atoms with Gasteiger partial charge >= 0.3 is 0 Å². The summed E-state index contributed by atoms with van der Waals surface area (Å²) in [6, 6.07) is 3.43. The van der Waals surface area contributed by atoms with Gasteiger partial charge in [-0.3, -0.25) is 4.72 Å². The summed E-state index contributed by atoms with van der Waals surface area (Å²) in [6.45, 7) is 0. The van der Waals surface area contributed by atoms with E-state index < -0.39 is 19.9 Å². The van der Waals surface area contributed by atoms with Crippen LogP contribution in [0.2, 0.25) is 0 Å². The Balaban J connectivity index is 2.51. The molecule has 0 aliphatic carbocycles. The van der Waals surface area contributed by atoms with Crippen molar-refractivity contribution in [2.75, 3.05) is 16.7 Å². The topological polar surface area (TPSA) is 145 Å². The lowest BCUT2D eigenvalue weighted by atomic mass is 10.3. The second-order valence-corrected chi connectivity index (χ2v) is 8.14. The zero-order chi connectivity index (χ0) is 15.0. The summed E-state index contributed by atoms with van der Waals surface area (Å²) in [4.78, 5) is -0.502. The van der Waals surface area contributed by atoms with Gasteiger partial charge in [0.05, 0.1) is 10.6 Å². The molecule has 0 amide bonds. The van der Waals surface area contributed by atoms with Crippen molar-refractivity contribution in [3.8, 4) is 0 Å². The predicted octanol–water partition coefficient (Wildman–Crippen LogP) is -0.280. The molecule has 108 valence electrons. The zero-order valence-electron chi connectivity index (χ0n) is 10.0. The van der Waals surface area contributed by atoms with Crippen LogP contribution in [0.15, 0.2) is 28.0 Å². The molecule has 0 aliphatic rings. The molecular formula is C8H9N5O4S3. The van der Waals surface area contributed by atoms with Gasteiger partial charge in [0, 0.05) is 17.8 Å².